The zero-order chi connectivity index (χ0) is 15.9. The first-order valence-corrected chi connectivity index (χ1v) is 8.99. The number of hydrogen-bond acceptors (Lipinski definition) is 6. The van der Waals surface area contributed by atoms with Crippen molar-refractivity contribution in [3.05, 3.63) is 40.8 Å². The van der Waals surface area contributed by atoms with Gasteiger partial charge in [0.05, 0.1) is 6.21 Å². The Hall–Kier alpha value is -1.92. The molecule has 1 aliphatic rings. The summed E-state index contributed by atoms with van der Waals surface area (Å²) >= 11 is 1.44. The van der Waals surface area contributed by atoms with Crippen LogP contribution in [0.2, 0.25) is 0 Å². The fourth-order valence-corrected chi connectivity index (χ4v) is 3.31. The van der Waals surface area contributed by atoms with Crippen LogP contribution >= 0.6 is 11.3 Å². The number of rotatable bonds is 5. The minimum Gasteiger partial charge on any atom is -0.383 e. The predicted molar refractivity (Wildman–Crippen MR) is 97.9 cm³/mol. The van der Waals surface area contributed by atoms with Gasteiger partial charge in [-0.05, 0) is 37.1 Å². The highest BCUT2D eigenvalue weighted by molar-refractivity contribution is 7.14. The summed E-state index contributed by atoms with van der Waals surface area (Å²) in [6, 6.07) is 8.59. The molecule has 1 saturated heterocycles. The van der Waals surface area contributed by atoms with Gasteiger partial charge in [0.15, 0.2) is 0 Å². The van der Waals surface area contributed by atoms with Crippen molar-refractivity contribution in [3.8, 4) is 0 Å². The summed E-state index contributed by atoms with van der Waals surface area (Å²) in [7, 11) is 0. The molecule has 1 aliphatic heterocycles. The lowest BCUT2D eigenvalue weighted by molar-refractivity contribution is 0.277. The highest BCUT2D eigenvalue weighted by Gasteiger charge is 2.09. The molecule has 2 aromatic rings. The maximum atomic E-state index is 5.57. The Balaban J connectivity index is 1.52. The number of hydrogen-bond donors (Lipinski definition) is 2. The molecule has 1 aromatic carbocycles. The van der Waals surface area contributed by atoms with Crippen LogP contribution in [0.25, 0.3) is 0 Å². The van der Waals surface area contributed by atoms with Crippen LogP contribution in [0.3, 0.4) is 0 Å². The monoisotopic (exact) mass is 329 g/mol. The number of aromatic nitrogens is 1. The number of nitrogens with two attached hydrogens (primary N) is 1. The molecular formula is C17H23N5S. The average molecular weight is 329 g/mol. The molecule has 2 heterocycles. The molecule has 23 heavy (non-hydrogen) atoms. The van der Waals surface area contributed by atoms with E-state index in [9.17, 15) is 0 Å². The van der Waals surface area contributed by atoms with Crippen molar-refractivity contribution in [2.45, 2.75) is 32.2 Å². The van der Waals surface area contributed by atoms with Gasteiger partial charge in [-0.3, -0.25) is 10.3 Å². The van der Waals surface area contributed by atoms with E-state index in [0.717, 1.165) is 12.1 Å². The van der Waals surface area contributed by atoms with Gasteiger partial charge in [0.25, 0.3) is 0 Å². The number of hydrazone groups is 1. The third-order valence-electron chi connectivity index (χ3n) is 3.98. The van der Waals surface area contributed by atoms with Gasteiger partial charge in [0.1, 0.15) is 5.82 Å². The molecule has 0 atom stereocenters. The van der Waals surface area contributed by atoms with Gasteiger partial charge in [0, 0.05) is 11.9 Å². The van der Waals surface area contributed by atoms with E-state index >= 15 is 0 Å². The maximum absolute atomic E-state index is 5.57. The first-order valence-electron chi connectivity index (χ1n) is 8.11. The van der Waals surface area contributed by atoms with Crippen LogP contribution in [-0.2, 0) is 6.54 Å². The number of thiazole rings is 1. The van der Waals surface area contributed by atoms with Gasteiger partial charge in [-0.2, -0.15) is 5.10 Å². The Morgan fingerprint density at radius 3 is 2.57 bits per heavy atom. The van der Waals surface area contributed by atoms with E-state index in [1.807, 2.05) is 0 Å². The first kappa shape index (κ1) is 16.0. The summed E-state index contributed by atoms with van der Waals surface area (Å²) in [6.07, 6.45) is 7.22. The number of benzene rings is 1. The first-order chi connectivity index (χ1) is 11.3. The number of likely N-dealkylation sites (tertiary alicyclic amines) is 1. The number of nitrogens with one attached hydrogen (secondary N) is 1. The third-order valence-corrected chi connectivity index (χ3v) is 4.75. The molecule has 0 aliphatic carbocycles. The van der Waals surface area contributed by atoms with Gasteiger partial charge in [-0.15, -0.1) is 11.3 Å². The van der Waals surface area contributed by atoms with E-state index in [-0.39, 0.29) is 0 Å². The summed E-state index contributed by atoms with van der Waals surface area (Å²) in [5.74, 6) is 0.519. The molecule has 0 bridgehead atoms. The summed E-state index contributed by atoms with van der Waals surface area (Å²) in [5.41, 5.74) is 10.9. The van der Waals surface area contributed by atoms with Crippen LogP contribution in [0.4, 0.5) is 10.9 Å². The van der Waals surface area contributed by atoms with E-state index < -0.39 is 0 Å². The van der Waals surface area contributed by atoms with Gasteiger partial charge < -0.3 is 5.73 Å². The van der Waals surface area contributed by atoms with E-state index in [2.05, 4.69) is 44.7 Å². The summed E-state index contributed by atoms with van der Waals surface area (Å²) in [5, 5.41) is 6.68. The molecule has 3 rings (SSSR count). The standard InChI is InChI=1S/C17H23N5S/c18-16-13-23-17(20-16)21-19-11-14-5-7-15(8-6-14)12-22-9-3-1-2-4-10-22/h5-8,11,13H,1-4,9-10,12,18H2,(H,20,21). The van der Waals surface area contributed by atoms with Gasteiger partial charge in [-0.1, -0.05) is 37.1 Å². The van der Waals surface area contributed by atoms with E-state index in [1.54, 1.807) is 11.6 Å². The number of anilines is 2. The predicted octanol–water partition coefficient (Wildman–Crippen LogP) is 3.55. The van der Waals surface area contributed by atoms with E-state index in [0.29, 0.717) is 10.9 Å². The normalized spacial score (nSPS) is 16.5. The molecule has 6 heteroatoms. The summed E-state index contributed by atoms with van der Waals surface area (Å²) in [4.78, 5) is 6.65. The molecule has 5 nitrogen and oxygen atoms in total. The zero-order valence-corrected chi connectivity index (χ0v) is 14.1. The van der Waals surface area contributed by atoms with Crippen molar-refractivity contribution >= 4 is 28.5 Å². The Labute approximate surface area is 141 Å². The molecule has 3 N–H and O–H groups in total. The minimum atomic E-state index is 0.519. The van der Waals surface area contributed by atoms with Crippen LogP contribution in [0.1, 0.15) is 36.8 Å². The highest BCUT2D eigenvalue weighted by atomic mass is 32.1. The fraction of sp³-hybridized carbons (Fsp3) is 0.412. The largest absolute Gasteiger partial charge is 0.383 e. The highest BCUT2D eigenvalue weighted by Crippen LogP contribution is 2.16. The van der Waals surface area contributed by atoms with Crippen molar-refractivity contribution in [1.82, 2.24) is 9.88 Å². The van der Waals surface area contributed by atoms with Crippen molar-refractivity contribution in [3.63, 3.8) is 0 Å². The van der Waals surface area contributed by atoms with E-state index in [1.165, 1.54) is 55.7 Å². The molecule has 122 valence electrons. The summed E-state index contributed by atoms with van der Waals surface area (Å²) in [6.45, 7) is 3.50. The van der Waals surface area contributed by atoms with Crippen LogP contribution in [0.15, 0.2) is 34.7 Å². The zero-order valence-electron chi connectivity index (χ0n) is 13.2. The van der Waals surface area contributed by atoms with Crippen LogP contribution < -0.4 is 11.2 Å². The van der Waals surface area contributed by atoms with Crippen LogP contribution in [-0.4, -0.2) is 29.2 Å². The Morgan fingerprint density at radius 1 is 1.17 bits per heavy atom. The second-order valence-corrected chi connectivity index (χ2v) is 6.74. The van der Waals surface area contributed by atoms with Crippen LogP contribution in [0, 0.1) is 0 Å². The number of nitrogen functional groups attached to an aromatic ring is 1. The summed E-state index contributed by atoms with van der Waals surface area (Å²) < 4.78 is 0. The molecule has 0 amide bonds. The van der Waals surface area contributed by atoms with E-state index in [4.69, 9.17) is 5.73 Å². The van der Waals surface area contributed by atoms with Crippen molar-refractivity contribution in [2.24, 2.45) is 5.10 Å². The molecule has 0 saturated carbocycles. The lowest BCUT2D eigenvalue weighted by atomic mass is 10.1. The Morgan fingerprint density at radius 2 is 1.91 bits per heavy atom. The Bertz CT molecular complexity index is 627. The smallest absolute Gasteiger partial charge is 0.205 e. The Kier molecular flexibility index (Phi) is 5.60. The minimum absolute atomic E-state index is 0.519. The fourth-order valence-electron chi connectivity index (χ4n) is 2.76. The second kappa shape index (κ2) is 8.08. The van der Waals surface area contributed by atoms with Gasteiger partial charge in [-0.25, -0.2) is 4.98 Å². The maximum Gasteiger partial charge on any atom is 0.205 e. The second-order valence-electron chi connectivity index (χ2n) is 5.88. The molecule has 0 unspecified atom stereocenters. The molecule has 1 fully saturated rings. The molecule has 0 radical (unpaired) electrons. The quantitative estimate of drug-likeness (QED) is 0.650. The lowest BCUT2D eigenvalue weighted by Gasteiger charge is -2.19. The SMILES string of the molecule is Nc1csc(NN=Cc2ccc(CN3CCCCCC3)cc2)n1. The van der Waals surface area contributed by atoms with Crippen LogP contribution in [0.5, 0.6) is 0 Å². The van der Waals surface area contributed by atoms with Crippen molar-refractivity contribution in [2.75, 3.05) is 24.2 Å². The van der Waals surface area contributed by atoms with Gasteiger partial charge >= 0.3 is 0 Å². The molecule has 0 spiro atoms. The average Bonchev–Trinajstić information content (AvgIpc) is 2.81. The third kappa shape index (κ3) is 5.04. The molecular weight excluding hydrogens is 306 g/mol. The van der Waals surface area contributed by atoms with Gasteiger partial charge in [0.2, 0.25) is 5.13 Å². The topological polar surface area (TPSA) is 66.5 Å². The van der Waals surface area contributed by atoms with Crippen molar-refractivity contribution < 1.29 is 0 Å². The lowest BCUT2D eigenvalue weighted by Crippen LogP contribution is -2.23. The number of nitrogens with zero attached hydrogens (tertiary/aromatic N) is 3. The molecule has 1 aromatic heterocycles. The van der Waals surface area contributed by atoms with Crippen molar-refractivity contribution in [1.29, 1.82) is 0 Å².